The fourth-order valence-electron chi connectivity index (χ4n) is 2.33. The first-order chi connectivity index (χ1) is 9.33. The number of nitrogens with two attached hydrogens (primary N) is 1. The summed E-state index contributed by atoms with van der Waals surface area (Å²) in [6, 6.07) is 15.2. The van der Waals surface area contributed by atoms with E-state index < -0.39 is 0 Å². The zero-order valence-electron chi connectivity index (χ0n) is 11.7. The zero-order valence-corrected chi connectivity index (χ0v) is 11.7. The molecule has 2 nitrogen and oxygen atoms in total. The van der Waals surface area contributed by atoms with Crippen molar-refractivity contribution in [2.24, 2.45) is 11.7 Å². The molecule has 2 rings (SSSR count). The summed E-state index contributed by atoms with van der Waals surface area (Å²) in [5.41, 5.74) is 7.09. The SMILES string of the molecule is CCC(CN)CNCCc1ccc2ccccc2c1. The minimum Gasteiger partial charge on any atom is -0.330 e. The van der Waals surface area contributed by atoms with E-state index >= 15 is 0 Å². The molecule has 0 radical (unpaired) electrons. The summed E-state index contributed by atoms with van der Waals surface area (Å²) in [6.45, 7) is 5.03. The van der Waals surface area contributed by atoms with Crippen LogP contribution in [0.5, 0.6) is 0 Å². The number of hydrogen-bond acceptors (Lipinski definition) is 2. The van der Waals surface area contributed by atoms with Crippen molar-refractivity contribution < 1.29 is 0 Å². The van der Waals surface area contributed by atoms with Gasteiger partial charge < -0.3 is 11.1 Å². The third-order valence-corrected chi connectivity index (χ3v) is 3.75. The van der Waals surface area contributed by atoms with Crippen molar-refractivity contribution >= 4 is 10.8 Å². The molecule has 1 unspecified atom stereocenters. The Labute approximate surface area is 116 Å². The lowest BCUT2D eigenvalue weighted by Crippen LogP contribution is -2.29. The maximum Gasteiger partial charge on any atom is -0.000822 e. The molecule has 0 heterocycles. The third-order valence-electron chi connectivity index (χ3n) is 3.75. The molecule has 0 fully saturated rings. The highest BCUT2D eigenvalue weighted by Gasteiger charge is 2.02. The monoisotopic (exact) mass is 256 g/mol. The maximum atomic E-state index is 5.70. The van der Waals surface area contributed by atoms with Gasteiger partial charge >= 0.3 is 0 Å². The highest BCUT2D eigenvalue weighted by Crippen LogP contribution is 2.15. The average molecular weight is 256 g/mol. The molecule has 2 aromatic rings. The minimum absolute atomic E-state index is 0.608. The topological polar surface area (TPSA) is 38.0 Å². The molecule has 0 bridgehead atoms. The highest BCUT2D eigenvalue weighted by molar-refractivity contribution is 5.82. The Bertz CT molecular complexity index is 503. The molecule has 0 saturated carbocycles. The van der Waals surface area contributed by atoms with Crippen LogP contribution in [0.4, 0.5) is 0 Å². The first-order valence-corrected chi connectivity index (χ1v) is 7.22. The summed E-state index contributed by atoms with van der Waals surface area (Å²) in [6.07, 6.45) is 2.23. The second-order valence-corrected chi connectivity index (χ2v) is 5.15. The number of hydrogen-bond donors (Lipinski definition) is 2. The van der Waals surface area contributed by atoms with E-state index in [1.54, 1.807) is 0 Å². The smallest absolute Gasteiger partial charge is 0.000822 e. The van der Waals surface area contributed by atoms with E-state index in [9.17, 15) is 0 Å². The van der Waals surface area contributed by atoms with Crippen molar-refractivity contribution in [2.75, 3.05) is 19.6 Å². The number of nitrogens with one attached hydrogen (secondary N) is 1. The normalized spacial score (nSPS) is 12.7. The quantitative estimate of drug-likeness (QED) is 0.747. The molecule has 0 amide bonds. The molecule has 19 heavy (non-hydrogen) atoms. The predicted molar refractivity (Wildman–Crippen MR) is 83.4 cm³/mol. The lowest BCUT2D eigenvalue weighted by molar-refractivity contribution is 0.474. The maximum absolute atomic E-state index is 5.70. The molecule has 2 aromatic carbocycles. The predicted octanol–water partition coefficient (Wildman–Crippen LogP) is 2.96. The van der Waals surface area contributed by atoms with Crippen LogP contribution >= 0.6 is 0 Å². The molecule has 102 valence electrons. The second kappa shape index (κ2) is 7.27. The largest absolute Gasteiger partial charge is 0.330 e. The van der Waals surface area contributed by atoms with Crippen LogP contribution in [0.1, 0.15) is 18.9 Å². The standard InChI is InChI=1S/C17H24N2/c1-2-14(12-18)13-19-10-9-15-7-8-16-5-3-4-6-17(16)11-15/h3-8,11,14,19H,2,9-10,12-13,18H2,1H3. The Morgan fingerprint density at radius 3 is 2.63 bits per heavy atom. The van der Waals surface area contributed by atoms with Crippen LogP contribution in [0.15, 0.2) is 42.5 Å². The fourth-order valence-corrected chi connectivity index (χ4v) is 2.33. The summed E-state index contributed by atoms with van der Waals surface area (Å²) >= 11 is 0. The van der Waals surface area contributed by atoms with E-state index in [0.717, 1.165) is 32.5 Å². The highest BCUT2D eigenvalue weighted by atomic mass is 14.9. The van der Waals surface area contributed by atoms with Gasteiger partial charge in [0.15, 0.2) is 0 Å². The van der Waals surface area contributed by atoms with Gasteiger partial charge in [0, 0.05) is 0 Å². The summed E-state index contributed by atoms with van der Waals surface area (Å²) in [5.74, 6) is 0.608. The molecular weight excluding hydrogens is 232 g/mol. The van der Waals surface area contributed by atoms with Crippen LogP contribution in [-0.4, -0.2) is 19.6 Å². The number of benzene rings is 2. The van der Waals surface area contributed by atoms with Gasteiger partial charge in [-0.25, -0.2) is 0 Å². The van der Waals surface area contributed by atoms with Gasteiger partial charge in [-0.1, -0.05) is 55.8 Å². The van der Waals surface area contributed by atoms with Gasteiger partial charge in [-0.05, 0) is 48.3 Å². The molecule has 0 aliphatic heterocycles. The molecule has 0 aromatic heterocycles. The van der Waals surface area contributed by atoms with Crippen LogP contribution in [0.2, 0.25) is 0 Å². The van der Waals surface area contributed by atoms with Crippen LogP contribution in [0, 0.1) is 5.92 Å². The Kier molecular flexibility index (Phi) is 5.37. The van der Waals surface area contributed by atoms with E-state index in [1.807, 2.05) is 0 Å². The lowest BCUT2D eigenvalue weighted by atomic mass is 10.0. The molecule has 2 heteroatoms. The van der Waals surface area contributed by atoms with E-state index in [4.69, 9.17) is 5.73 Å². The van der Waals surface area contributed by atoms with Crippen molar-refractivity contribution in [3.63, 3.8) is 0 Å². The van der Waals surface area contributed by atoms with Crippen molar-refractivity contribution in [3.05, 3.63) is 48.0 Å². The lowest BCUT2D eigenvalue weighted by Gasteiger charge is -2.13. The minimum atomic E-state index is 0.608. The molecule has 0 aliphatic carbocycles. The molecule has 0 saturated heterocycles. The molecule has 1 atom stereocenters. The van der Waals surface area contributed by atoms with E-state index in [0.29, 0.717) is 5.92 Å². The summed E-state index contributed by atoms with van der Waals surface area (Å²) in [4.78, 5) is 0. The van der Waals surface area contributed by atoms with Gasteiger partial charge in [0.05, 0.1) is 0 Å². The third kappa shape index (κ3) is 4.05. The van der Waals surface area contributed by atoms with Gasteiger partial charge in [0.25, 0.3) is 0 Å². The Morgan fingerprint density at radius 2 is 1.89 bits per heavy atom. The van der Waals surface area contributed by atoms with E-state index in [-0.39, 0.29) is 0 Å². The fraction of sp³-hybridized carbons (Fsp3) is 0.412. The van der Waals surface area contributed by atoms with Gasteiger partial charge in [0.1, 0.15) is 0 Å². The van der Waals surface area contributed by atoms with Crippen LogP contribution in [-0.2, 0) is 6.42 Å². The summed E-state index contributed by atoms with van der Waals surface area (Å²) in [5, 5.41) is 6.14. The molecule has 3 N–H and O–H groups in total. The van der Waals surface area contributed by atoms with Crippen molar-refractivity contribution in [1.82, 2.24) is 5.32 Å². The number of fused-ring (bicyclic) bond motifs is 1. The summed E-state index contributed by atoms with van der Waals surface area (Å²) < 4.78 is 0. The van der Waals surface area contributed by atoms with Crippen LogP contribution in [0.3, 0.4) is 0 Å². The Balaban J connectivity index is 1.84. The van der Waals surface area contributed by atoms with Crippen molar-refractivity contribution in [1.29, 1.82) is 0 Å². The summed E-state index contributed by atoms with van der Waals surface area (Å²) in [7, 11) is 0. The molecule has 0 spiro atoms. The molecular formula is C17H24N2. The van der Waals surface area contributed by atoms with Crippen LogP contribution < -0.4 is 11.1 Å². The van der Waals surface area contributed by atoms with E-state index in [1.165, 1.54) is 16.3 Å². The van der Waals surface area contributed by atoms with Gasteiger partial charge in [0.2, 0.25) is 0 Å². The van der Waals surface area contributed by atoms with Gasteiger partial charge in [-0.2, -0.15) is 0 Å². The first-order valence-electron chi connectivity index (χ1n) is 7.22. The van der Waals surface area contributed by atoms with Gasteiger partial charge in [-0.3, -0.25) is 0 Å². The van der Waals surface area contributed by atoms with E-state index in [2.05, 4.69) is 54.7 Å². The Morgan fingerprint density at radius 1 is 1.11 bits per heavy atom. The van der Waals surface area contributed by atoms with Crippen LogP contribution in [0.25, 0.3) is 10.8 Å². The Hall–Kier alpha value is -1.38. The average Bonchev–Trinajstić information content (AvgIpc) is 2.47. The molecule has 0 aliphatic rings. The van der Waals surface area contributed by atoms with Crippen molar-refractivity contribution in [3.8, 4) is 0 Å². The number of rotatable bonds is 7. The van der Waals surface area contributed by atoms with Crippen molar-refractivity contribution in [2.45, 2.75) is 19.8 Å². The first kappa shape index (κ1) is 14.0. The second-order valence-electron chi connectivity index (χ2n) is 5.15. The zero-order chi connectivity index (χ0) is 13.5. The van der Waals surface area contributed by atoms with Gasteiger partial charge in [-0.15, -0.1) is 0 Å².